The lowest BCUT2D eigenvalue weighted by molar-refractivity contribution is -0.384. The number of nitro groups is 1. The van der Waals surface area contributed by atoms with Crippen molar-refractivity contribution >= 4 is 11.5 Å². The van der Waals surface area contributed by atoms with E-state index in [1.807, 2.05) is 6.07 Å². The van der Waals surface area contributed by atoms with E-state index in [9.17, 15) is 10.1 Å². The van der Waals surface area contributed by atoms with Crippen LogP contribution in [-0.2, 0) is 0 Å². The molecule has 0 bridgehead atoms. The van der Waals surface area contributed by atoms with Crippen LogP contribution in [0.3, 0.4) is 0 Å². The zero-order valence-electron chi connectivity index (χ0n) is 12.3. The molecule has 0 spiro atoms. The normalized spacial score (nSPS) is 18.0. The minimum atomic E-state index is -0.551. The third kappa shape index (κ3) is 3.47. The number of anilines is 1. The molecule has 1 aliphatic heterocycles. The number of rotatable bonds is 4. The second-order valence-corrected chi connectivity index (χ2v) is 5.89. The molecule has 0 amide bonds. The van der Waals surface area contributed by atoms with E-state index in [0.29, 0.717) is 6.54 Å². The maximum Gasteiger partial charge on any atom is 0.328 e. The maximum absolute atomic E-state index is 11.1. The first kappa shape index (κ1) is 15.2. The van der Waals surface area contributed by atoms with Gasteiger partial charge < -0.3 is 10.2 Å². The molecule has 0 unspecified atom stereocenters. The van der Waals surface area contributed by atoms with Gasteiger partial charge in [-0.15, -0.1) is 0 Å². The number of nitriles is 1. The van der Waals surface area contributed by atoms with Crippen molar-refractivity contribution in [1.82, 2.24) is 9.88 Å². The standard InChI is InChI=1S/C14H19N5O2/c1-14(4-7-18(2)8-5-14)10-17-13-12(19(20)21)11(9-15)3-6-16-13/h3,6H,4-5,7-8,10H2,1-2H3,(H,16,17). The Hall–Kier alpha value is -2.20. The highest BCUT2D eigenvalue weighted by molar-refractivity contribution is 5.64. The highest BCUT2D eigenvalue weighted by Gasteiger charge is 2.30. The van der Waals surface area contributed by atoms with Crippen LogP contribution in [0.15, 0.2) is 12.3 Å². The van der Waals surface area contributed by atoms with Gasteiger partial charge >= 0.3 is 5.69 Å². The van der Waals surface area contributed by atoms with Crippen molar-refractivity contribution in [2.75, 3.05) is 32.0 Å². The van der Waals surface area contributed by atoms with Crippen molar-refractivity contribution in [3.63, 3.8) is 0 Å². The predicted molar refractivity (Wildman–Crippen MR) is 78.9 cm³/mol. The van der Waals surface area contributed by atoms with Crippen molar-refractivity contribution in [2.24, 2.45) is 5.41 Å². The minimum absolute atomic E-state index is 0.0334. The molecule has 1 saturated heterocycles. The fourth-order valence-electron chi connectivity index (χ4n) is 2.49. The Morgan fingerprint density at radius 3 is 2.81 bits per heavy atom. The highest BCUT2D eigenvalue weighted by Crippen LogP contribution is 2.32. The van der Waals surface area contributed by atoms with E-state index in [0.717, 1.165) is 25.9 Å². The van der Waals surface area contributed by atoms with Gasteiger partial charge in [0.25, 0.3) is 0 Å². The summed E-state index contributed by atoms with van der Waals surface area (Å²) in [7, 11) is 2.09. The SMILES string of the molecule is CN1CCC(C)(CNc2nccc(C#N)c2[N+](=O)[O-])CC1. The van der Waals surface area contributed by atoms with Crippen LogP contribution in [0.2, 0.25) is 0 Å². The number of aromatic nitrogens is 1. The van der Waals surface area contributed by atoms with E-state index in [2.05, 4.69) is 29.2 Å². The molecule has 0 atom stereocenters. The summed E-state index contributed by atoms with van der Waals surface area (Å²) >= 11 is 0. The Morgan fingerprint density at radius 1 is 1.57 bits per heavy atom. The Labute approximate surface area is 123 Å². The van der Waals surface area contributed by atoms with E-state index >= 15 is 0 Å². The van der Waals surface area contributed by atoms with Crippen LogP contribution in [0.1, 0.15) is 25.3 Å². The lowest BCUT2D eigenvalue weighted by Gasteiger charge is -2.38. The number of piperidine rings is 1. The van der Waals surface area contributed by atoms with Crippen LogP contribution < -0.4 is 5.32 Å². The third-order valence-corrected chi connectivity index (χ3v) is 4.10. The number of nitrogens with zero attached hydrogens (tertiary/aromatic N) is 4. The Balaban J connectivity index is 2.14. The summed E-state index contributed by atoms with van der Waals surface area (Å²) in [6.07, 6.45) is 3.48. The number of pyridine rings is 1. The van der Waals surface area contributed by atoms with Gasteiger partial charge in [0.15, 0.2) is 0 Å². The summed E-state index contributed by atoms with van der Waals surface area (Å²) in [6.45, 7) is 4.83. The van der Waals surface area contributed by atoms with Gasteiger partial charge in [0.1, 0.15) is 11.6 Å². The average Bonchev–Trinajstić information content (AvgIpc) is 2.48. The minimum Gasteiger partial charge on any atom is -0.364 e. The molecule has 0 saturated carbocycles. The molecule has 2 heterocycles. The molecular weight excluding hydrogens is 270 g/mol. The summed E-state index contributed by atoms with van der Waals surface area (Å²) in [5.41, 5.74) is -0.118. The molecule has 0 radical (unpaired) electrons. The van der Waals surface area contributed by atoms with Crippen molar-refractivity contribution in [2.45, 2.75) is 19.8 Å². The molecule has 1 aromatic rings. The number of hydrogen-bond acceptors (Lipinski definition) is 6. The maximum atomic E-state index is 11.1. The van der Waals surface area contributed by atoms with Gasteiger partial charge in [0.2, 0.25) is 5.82 Å². The zero-order valence-corrected chi connectivity index (χ0v) is 12.3. The lowest BCUT2D eigenvalue weighted by atomic mass is 9.80. The summed E-state index contributed by atoms with van der Waals surface area (Å²) in [4.78, 5) is 16.9. The Kier molecular flexibility index (Phi) is 4.38. The van der Waals surface area contributed by atoms with Crippen LogP contribution in [0, 0.1) is 26.9 Å². The second-order valence-electron chi connectivity index (χ2n) is 5.89. The van der Waals surface area contributed by atoms with Crippen LogP contribution in [-0.4, -0.2) is 41.5 Å². The number of nitrogens with one attached hydrogen (secondary N) is 1. The van der Waals surface area contributed by atoms with Crippen LogP contribution in [0.25, 0.3) is 0 Å². The van der Waals surface area contributed by atoms with E-state index < -0.39 is 4.92 Å². The van der Waals surface area contributed by atoms with E-state index in [4.69, 9.17) is 5.26 Å². The molecule has 1 fully saturated rings. The van der Waals surface area contributed by atoms with Crippen LogP contribution in [0.4, 0.5) is 11.5 Å². The predicted octanol–water partition coefficient (Wildman–Crippen LogP) is 2.01. The molecule has 2 rings (SSSR count). The van der Waals surface area contributed by atoms with Gasteiger partial charge in [0.05, 0.1) is 4.92 Å². The first-order valence-electron chi connectivity index (χ1n) is 6.91. The van der Waals surface area contributed by atoms with Gasteiger partial charge in [-0.05, 0) is 44.5 Å². The molecule has 21 heavy (non-hydrogen) atoms. The van der Waals surface area contributed by atoms with Crippen molar-refractivity contribution in [3.8, 4) is 6.07 Å². The Bertz CT molecular complexity index is 573. The summed E-state index contributed by atoms with van der Waals surface area (Å²) < 4.78 is 0. The third-order valence-electron chi connectivity index (χ3n) is 4.10. The topological polar surface area (TPSA) is 95.1 Å². The van der Waals surface area contributed by atoms with Gasteiger partial charge in [-0.3, -0.25) is 10.1 Å². The first-order chi connectivity index (χ1) is 9.95. The van der Waals surface area contributed by atoms with Gasteiger partial charge in [-0.25, -0.2) is 4.98 Å². The summed E-state index contributed by atoms with van der Waals surface area (Å²) in [6, 6.07) is 3.20. The molecule has 0 aliphatic carbocycles. The van der Waals surface area contributed by atoms with Gasteiger partial charge in [-0.1, -0.05) is 6.92 Å². The second kappa shape index (κ2) is 6.06. The molecule has 0 aromatic carbocycles. The van der Waals surface area contributed by atoms with Crippen molar-refractivity contribution < 1.29 is 4.92 Å². The molecule has 1 N–H and O–H groups in total. The fourth-order valence-corrected chi connectivity index (χ4v) is 2.49. The molecule has 112 valence electrons. The summed E-state index contributed by atoms with van der Waals surface area (Å²) in [5.74, 6) is 0.180. The van der Waals surface area contributed by atoms with Crippen molar-refractivity contribution in [1.29, 1.82) is 5.26 Å². The number of likely N-dealkylation sites (tertiary alicyclic amines) is 1. The average molecular weight is 289 g/mol. The zero-order chi connectivity index (χ0) is 15.5. The quantitative estimate of drug-likeness (QED) is 0.673. The van der Waals surface area contributed by atoms with Gasteiger partial charge in [-0.2, -0.15) is 5.26 Å². The van der Waals surface area contributed by atoms with Gasteiger partial charge in [0, 0.05) is 12.7 Å². The Morgan fingerprint density at radius 2 is 2.24 bits per heavy atom. The highest BCUT2D eigenvalue weighted by atomic mass is 16.6. The van der Waals surface area contributed by atoms with E-state index in [1.165, 1.54) is 12.3 Å². The first-order valence-corrected chi connectivity index (χ1v) is 6.91. The van der Waals surface area contributed by atoms with E-state index in [1.54, 1.807) is 0 Å². The molecule has 7 heteroatoms. The monoisotopic (exact) mass is 289 g/mol. The molecule has 7 nitrogen and oxygen atoms in total. The number of hydrogen-bond donors (Lipinski definition) is 1. The largest absolute Gasteiger partial charge is 0.364 e. The molecule has 1 aliphatic rings. The van der Waals surface area contributed by atoms with Crippen LogP contribution in [0.5, 0.6) is 0 Å². The summed E-state index contributed by atoms with van der Waals surface area (Å²) in [5, 5.41) is 23.2. The smallest absolute Gasteiger partial charge is 0.328 e. The van der Waals surface area contributed by atoms with Crippen LogP contribution >= 0.6 is 0 Å². The lowest BCUT2D eigenvalue weighted by Crippen LogP contribution is -2.40. The van der Waals surface area contributed by atoms with Crippen molar-refractivity contribution in [3.05, 3.63) is 27.9 Å². The van der Waals surface area contributed by atoms with E-state index in [-0.39, 0.29) is 22.5 Å². The molecular formula is C14H19N5O2. The molecule has 1 aromatic heterocycles. The fraction of sp³-hybridized carbons (Fsp3) is 0.571.